The summed E-state index contributed by atoms with van der Waals surface area (Å²) in [6.45, 7) is 4.49. The van der Waals surface area contributed by atoms with E-state index < -0.39 is 5.92 Å². The summed E-state index contributed by atoms with van der Waals surface area (Å²) in [5.41, 5.74) is 0.0747. The second-order valence-corrected chi connectivity index (χ2v) is 7.47. The van der Waals surface area contributed by atoms with Gasteiger partial charge in [0.25, 0.3) is 5.92 Å². The van der Waals surface area contributed by atoms with Crippen LogP contribution in [0.4, 0.5) is 14.5 Å². The fourth-order valence-electron chi connectivity index (χ4n) is 2.91. The van der Waals surface area contributed by atoms with Gasteiger partial charge >= 0.3 is 0 Å². The van der Waals surface area contributed by atoms with Crippen molar-refractivity contribution in [3.05, 3.63) is 65.7 Å². The molecule has 2 aromatic carbocycles. The highest BCUT2D eigenvalue weighted by molar-refractivity contribution is 5.90. The Bertz CT molecular complexity index is 808. The number of unbranched alkanes of at least 4 members (excludes halogenated alkanes) is 1. The number of anilines is 1. The maximum Gasteiger partial charge on any atom is 0.298 e. The summed E-state index contributed by atoms with van der Waals surface area (Å²) in [5, 5.41) is 5.50. The van der Waals surface area contributed by atoms with Crippen molar-refractivity contribution in [1.82, 2.24) is 5.32 Å². The number of carbonyl (C=O) groups excluding carboxylic acids is 2. The second kappa shape index (κ2) is 10.7. The van der Waals surface area contributed by atoms with E-state index in [1.807, 2.05) is 13.8 Å². The van der Waals surface area contributed by atoms with Gasteiger partial charge in [0.15, 0.2) is 0 Å². The lowest BCUT2D eigenvalue weighted by Gasteiger charge is -2.18. The summed E-state index contributed by atoms with van der Waals surface area (Å²) < 4.78 is 29.4. The summed E-state index contributed by atoms with van der Waals surface area (Å²) in [6.07, 6.45) is 2.04. The van der Waals surface area contributed by atoms with E-state index in [1.54, 1.807) is 24.3 Å². The Morgan fingerprint density at radius 1 is 0.931 bits per heavy atom. The van der Waals surface area contributed by atoms with Crippen molar-refractivity contribution < 1.29 is 18.4 Å². The molecule has 0 saturated heterocycles. The predicted octanol–water partition coefficient (Wildman–Crippen LogP) is 5.10. The van der Waals surface area contributed by atoms with Gasteiger partial charge in [0.2, 0.25) is 11.8 Å². The first-order chi connectivity index (χ1) is 13.8. The number of hydrogen-bond donors (Lipinski definition) is 2. The molecule has 0 heterocycles. The molecular weight excluding hydrogens is 374 g/mol. The van der Waals surface area contributed by atoms with Gasteiger partial charge in [0, 0.05) is 36.2 Å². The fourth-order valence-corrected chi connectivity index (χ4v) is 2.91. The molecule has 0 atom stereocenters. The molecule has 0 bridgehead atoms. The lowest BCUT2D eigenvalue weighted by atomic mass is 10.00. The molecule has 0 fully saturated rings. The second-order valence-electron chi connectivity index (χ2n) is 7.47. The molecule has 0 aliphatic heterocycles. The van der Waals surface area contributed by atoms with Crippen LogP contribution < -0.4 is 10.6 Å². The zero-order valence-corrected chi connectivity index (χ0v) is 16.9. The van der Waals surface area contributed by atoms with Gasteiger partial charge in [0.1, 0.15) is 0 Å². The Kier molecular flexibility index (Phi) is 8.31. The normalized spacial score (nSPS) is 11.3. The minimum Gasteiger partial charge on any atom is -0.356 e. The number of benzene rings is 2. The number of hydrogen-bond acceptors (Lipinski definition) is 2. The maximum absolute atomic E-state index is 14.7. The van der Waals surface area contributed by atoms with Crippen LogP contribution in [0.2, 0.25) is 0 Å². The zero-order valence-electron chi connectivity index (χ0n) is 16.9. The van der Waals surface area contributed by atoms with Crippen molar-refractivity contribution in [2.45, 2.75) is 45.5 Å². The number of rotatable bonds is 10. The summed E-state index contributed by atoms with van der Waals surface area (Å²) >= 11 is 0. The van der Waals surface area contributed by atoms with E-state index in [0.717, 1.165) is 0 Å². The van der Waals surface area contributed by atoms with Crippen LogP contribution in [-0.4, -0.2) is 18.4 Å². The molecule has 2 amide bonds. The van der Waals surface area contributed by atoms with Crippen LogP contribution >= 0.6 is 0 Å². The molecule has 2 rings (SSSR count). The predicted molar refractivity (Wildman–Crippen MR) is 111 cm³/mol. The number of carbonyl (C=O) groups is 2. The van der Waals surface area contributed by atoms with Gasteiger partial charge in [-0.3, -0.25) is 9.59 Å². The molecule has 0 aliphatic rings. The Hall–Kier alpha value is -2.76. The highest BCUT2D eigenvalue weighted by Gasteiger charge is 2.33. The lowest BCUT2D eigenvalue weighted by molar-refractivity contribution is -0.121. The van der Waals surface area contributed by atoms with Crippen molar-refractivity contribution in [3.8, 4) is 0 Å². The van der Waals surface area contributed by atoms with Crippen LogP contribution in [0.1, 0.15) is 50.7 Å². The molecule has 156 valence electrons. The number of amides is 2. The highest BCUT2D eigenvalue weighted by atomic mass is 19.3. The van der Waals surface area contributed by atoms with E-state index in [9.17, 15) is 18.4 Å². The monoisotopic (exact) mass is 402 g/mol. The molecule has 0 radical (unpaired) electrons. The minimum absolute atomic E-state index is 0.0145. The van der Waals surface area contributed by atoms with E-state index in [-0.39, 0.29) is 29.4 Å². The summed E-state index contributed by atoms with van der Waals surface area (Å²) in [5.74, 6) is -3.05. The molecule has 0 aromatic heterocycles. The van der Waals surface area contributed by atoms with Crippen LogP contribution in [0.25, 0.3) is 0 Å². The molecule has 2 N–H and O–H groups in total. The molecule has 0 aliphatic carbocycles. The maximum atomic E-state index is 14.7. The van der Waals surface area contributed by atoms with E-state index in [1.165, 1.54) is 30.3 Å². The van der Waals surface area contributed by atoms with Gasteiger partial charge in [-0.05, 0) is 30.9 Å². The smallest absolute Gasteiger partial charge is 0.298 e. The van der Waals surface area contributed by atoms with Crippen LogP contribution in [0.3, 0.4) is 0 Å². The SMILES string of the molecule is CC(C)CC(=O)NCCCCC(=O)Nc1cccc(C(F)(F)c2ccccc2)c1. The first kappa shape index (κ1) is 22.5. The van der Waals surface area contributed by atoms with E-state index >= 15 is 0 Å². The Labute approximate surface area is 170 Å². The average Bonchev–Trinajstić information content (AvgIpc) is 2.68. The first-order valence-electron chi connectivity index (χ1n) is 9.89. The quantitative estimate of drug-likeness (QED) is 0.544. The van der Waals surface area contributed by atoms with Crippen molar-refractivity contribution in [2.75, 3.05) is 11.9 Å². The van der Waals surface area contributed by atoms with Gasteiger partial charge in [-0.15, -0.1) is 0 Å². The number of nitrogens with one attached hydrogen (secondary N) is 2. The van der Waals surface area contributed by atoms with Crippen molar-refractivity contribution in [2.24, 2.45) is 5.92 Å². The lowest BCUT2D eigenvalue weighted by Crippen LogP contribution is -2.25. The molecule has 2 aromatic rings. The van der Waals surface area contributed by atoms with Crippen molar-refractivity contribution in [1.29, 1.82) is 0 Å². The summed E-state index contributed by atoms with van der Waals surface area (Å²) in [4.78, 5) is 23.7. The third-order valence-electron chi connectivity index (χ3n) is 4.39. The standard InChI is InChI=1S/C23H28F2N2O2/c1-17(2)15-22(29)26-14-7-6-13-21(28)27-20-12-8-11-19(16-20)23(24,25)18-9-4-3-5-10-18/h3-5,8-12,16-17H,6-7,13-15H2,1-2H3,(H,26,29)(H,27,28). The Morgan fingerprint density at radius 2 is 1.62 bits per heavy atom. The third kappa shape index (κ3) is 7.29. The van der Waals surface area contributed by atoms with Crippen LogP contribution in [0, 0.1) is 5.92 Å². The largest absolute Gasteiger partial charge is 0.356 e. The minimum atomic E-state index is -3.14. The van der Waals surface area contributed by atoms with E-state index in [0.29, 0.717) is 37.4 Å². The molecule has 0 saturated carbocycles. The van der Waals surface area contributed by atoms with Crippen LogP contribution in [0.5, 0.6) is 0 Å². The van der Waals surface area contributed by atoms with Gasteiger partial charge in [-0.1, -0.05) is 56.3 Å². The summed E-state index contributed by atoms with van der Waals surface area (Å²) in [7, 11) is 0. The van der Waals surface area contributed by atoms with Crippen LogP contribution in [-0.2, 0) is 15.5 Å². The van der Waals surface area contributed by atoms with Crippen molar-refractivity contribution in [3.63, 3.8) is 0 Å². The van der Waals surface area contributed by atoms with Crippen molar-refractivity contribution >= 4 is 17.5 Å². The molecule has 29 heavy (non-hydrogen) atoms. The topological polar surface area (TPSA) is 58.2 Å². The highest BCUT2D eigenvalue weighted by Crippen LogP contribution is 2.36. The van der Waals surface area contributed by atoms with Gasteiger partial charge in [0.05, 0.1) is 0 Å². The Morgan fingerprint density at radius 3 is 2.31 bits per heavy atom. The first-order valence-corrected chi connectivity index (χ1v) is 9.89. The average molecular weight is 402 g/mol. The molecule has 6 heteroatoms. The molecule has 4 nitrogen and oxygen atoms in total. The molecular formula is C23H28F2N2O2. The zero-order chi connectivity index (χ0) is 21.3. The van der Waals surface area contributed by atoms with E-state index in [4.69, 9.17) is 0 Å². The molecule has 0 spiro atoms. The number of halogens is 2. The number of alkyl halides is 2. The Balaban J connectivity index is 1.82. The van der Waals surface area contributed by atoms with Gasteiger partial charge in [-0.25, -0.2) is 0 Å². The van der Waals surface area contributed by atoms with E-state index in [2.05, 4.69) is 10.6 Å². The summed E-state index contributed by atoms with van der Waals surface area (Å²) in [6, 6.07) is 13.3. The van der Waals surface area contributed by atoms with Gasteiger partial charge < -0.3 is 10.6 Å². The third-order valence-corrected chi connectivity index (χ3v) is 4.39. The molecule has 0 unspecified atom stereocenters. The van der Waals surface area contributed by atoms with Crippen LogP contribution in [0.15, 0.2) is 54.6 Å². The fraction of sp³-hybridized carbons (Fsp3) is 0.391. The van der Waals surface area contributed by atoms with Gasteiger partial charge in [-0.2, -0.15) is 8.78 Å².